The fourth-order valence-electron chi connectivity index (χ4n) is 3.58. The van der Waals surface area contributed by atoms with E-state index < -0.39 is 35.9 Å². The van der Waals surface area contributed by atoms with Gasteiger partial charge in [-0.2, -0.15) is 0 Å². The van der Waals surface area contributed by atoms with Crippen LogP contribution in [0.4, 0.5) is 9.59 Å². The van der Waals surface area contributed by atoms with Gasteiger partial charge in [0, 0.05) is 19.3 Å². The number of rotatable bonds is 16. The SMILES string of the molecule is CC(C)CCOC(=O)Oc1ccc(CC(N)(C[C@H](C)OC(=O)CC(C)C)C(=O)O)cc1OC(=O)OCCC(C)C. The first-order valence-corrected chi connectivity index (χ1v) is 13.6. The Labute approximate surface area is 236 Å². The lowest BCUT2D eigenvalue weighted by Gasteiger charge is -2.28. The van der Waals surface area contributed by atoms with Crippen LogP contribution in [0.3, 0.4) is 0 Å². The van der Waals surface area contributed by atoms with Crippen molar-refractivity contribution in [1.82, 2.24) is 0 Å². The number of hydrogen-bond donors (Lipinski definition) is 2. The largest absolute Gasteiger partial charge is 0.513 e. The maximum atomic E-state index is 12.3. The van der Waals surface area contributed by atoms with Gasteiger partial charge < -0.3 is 34.5 Å². The Bertz CT molecular complexity index is 991. The molecule has 0 aromatic heterocycles. The van der Waals surface area contributed by atoms with Crippen molar-refractivity contribution in [3.05, 3.63) is 23.8 Å². The number of hydrogen-bond acceptors (Lipinski definition) is 10. The molecule has 0 amide bonds. The van der Waals surface area contributed by atoms with Gasteiger partial charge in [-0.25, -0.2) is 9.59 Å². The van der Waals surface area contributed by atoms with Crippen molar-refractivity contribution in [1.29, 1.82) is 0 Å². The van der Waals surface area contributed by atoms with E-state index >= 15 is 0 Å². The number of carbonyl (C=O) groups excluding carboxylic acids is 3. The molecule has 1 rings (SSSR count). The lowest BCUT2D eigenvalue weighted by atomic mass is 9.86. The first-order chi connectivity index (χ1) is 18.6. The van der Waals surface area contributed by atoms with Gasteiger partial charge in [0.2, 0.25) is 0 Å². The van der Waals surface area contributed by atoms with Crippen LogP contribution in [0.25, 0.3) is 0 Å². The highest BCUT2D eigenvalue weighted by atomic mass is 16.7. The highest BCUT2D eigenvalue weighted by molar-refractivity contribution is 5.79. The zero-order valence-electron chi connectivity index (χ0n) is 24.7. The van der Waals surface area contributed by atoms with Crippen LogP contribution in [0.2, 0.25) is 0 Å². The highest BCUT2D eigenvalue weighted by Crippen LogP contribution is 2.31. The van der Waals surface area contributed by atoms with Crippen LogP contribution in [0.1, 0.15) is 79.7 Å². The van der Waals surface area contributed by atoms with Gasteiger partial charge in [-0.15, -0.1) is 0 Å². The Morgan fingerprint density at radius 2 is 1.35 bits per heavy atom. The summed E-state index contributed by atoms with van der Waals surface area (Å²) in [5, 5.41) is 9.92. The number of aliphatic carboxylic acids is 1. The second-order valence-corrected chi connectivity index (χ2v) is 11.3. The van der Waals surface area contributed by atoms with Gasteiger partial charge in [0.1, 0.15) is 11.6 Å². The topological polar surface area (TPSA) is 161 Å². The first kappa shape index (κ1) is 34.7. The number of nitrogens with two attached hydrogens (primary N) is 1. The van der Waals surface area contributed by atoms with Gasteiger partial charge in [-0.3, -0.25) is 9.59 Å². The predicted molar refractivity (Wildman–Crippen MR) is 147 cm³/mol. The Hall–Kier alpha value is -3.34. The molecule has 3 N–H and O–H groups in total. The van der Waals surface area contributed by atoms with E-state index in [0.717, 1.165) is 0 Å². The summed E-state index contributed by atoms with van der Waals surface area (Å²) in [6, 6.07) is 4.19. The monoisotopic (exact) mass is 567 g/mol. The molecule has 1 aromatic rings. The van der Waals surface area contributed by atoms with E-state index in [4.69, 9.17) is 29.4 Å². The third kappa shape index (κ3) is 13.6. The quantitative estimate of drug-likeness (QED) is 0.147. The van der Waals surface area contributed by atoms with E-state index in [-0.39, 0.29) is 49.9 Å². The molecule has 1 aromatic carbocycles. The Morgan fingerprint density at radius 1 is 0.825 bits per heavy atom. The standard InChI is InChI=1S/C29H45NO10/c1-18(2)10-12-36-27(34)39-23-9-8-22(15-24(23)40-28(35)37-13-11-19(3)4)17-29(30,26(32)33)16-21(7)38-25(31)14-20(5)6/h8-9,15,18-21H,10-14,16-17,30H2,1-7H3,(H,32,33)/t21-,29?/m0/s1. The summed E-state index contributed by atoms with van der Waals surface area (Å²) in [4.78, 5) is 48.7. The molecule has 0 aliphatic carbocycles. The average molecular weight is 568 g/mol. The zero-order valence-corrected chi connectivity index (χ0v) is 24.7. The maximum Gasteiger partial charge on any atom is 0.513 e. The van der Waals surface area contributed by atoms with Gasteiger partial charge in [0.25, 0.3) is 0 Å². The van der Waals surface area contributed by atoms with Gasteiger partial charge in [-0.05, 0) is 55.2 Å². The minimum Gasteiger partial charge on any atom is -0.480 e. The summed E-state index contributed by atoms with van der Waals surface area (Å²) < 4.78 is 26.1. The molecule has 11 nitrogen and oxygen atoms in total. The van der Waals surface area contributed by atoms with E-state index in [2.05, 4.69) is 0 Å². The molecule has 0 bridgehead atoms. The Morgan fingerprint density at radius 3 is 1.82 bits per heavy atom. The predicted octanol–water partition coefficient (Wildman–Crippen LogP) is 5.50. The molecular weight excluding hydrogens is 522 g/mol. The Balaban J connectivity index is 3.13. The van der Waals surface area contributed by atoms with Crippen LogP contribution >= 0.6 is 0 Å². The second-order valence-electron chi connectivity index (χ2n) is 11.3. The second kappa shape index (κ2) is 16.7. The van der Waals surface area contributed by atoms with Crippen LogP contribution in [-0.4, -0.2) is 54.2 Å². The molecule has 0 heterocycles. The highest BCUT2D eigenvalue weighted by Gasteiger charge is 2.37. The van der Waals surface area contributed by atoms with Crippen molar-refractivity contribution in [2.75, 3.05) is 13.2 Å². The molecule has 0 saturated heterocycles. The molecule has 0 spiro atoms. The van der Waals surface area contributed by atoms with Crippen LogP contribution in [0.5, 0.6) is 11.5 Å². The summed E-state index contributed by atoms with van der Waals surface area (Å²) in [7, 11) is 0. The smallest absolute Gasteiger partial charge is 0.480 e. The summed E-state index contributed by atoms with van der Waals surface area (Å²) in [5.74, 6) is -1.32. The lowest BCUT2D eigenvalue weighted by Crippen LogP contribution is -2.52. The van der Waals surface area contributed by atoms with Crippen molar-refractivity contribution in [3.8, 4) is 11.5 Å². The van der Waals surface area contributed by atoms with Crippen molar-refractivity contribution in [2.24, 2.45) is 23.5 Å². The number of ether oxygens (including phenoxy) is 5. The molecule has 11 heteroatoms. The van der Waals surface area contributed by atoms with Crippen LogP contribution in [-0.2, 0) is 30.2 Å². The van der Waals surface area contributed by atoms with Crippen molar-refractivity contribution >= 4 is 24.2 Å². The van der Waals surface area contributed by atoms with E-state index in [9.17, 15) is 24.3 Å². The third-order valence-corrected chi connectivity index (χ3v) is 5.73. The fourth-order valence-corrected chi connectivity index (χ4v) is 3.58. The first-order valence-electron chi connectivity index (χ1n) is 13.6. The molecule has 0 aliphatic rings. The van der Waals surface area contributed by atoms with Gasteiger partial charge >= 0.3 is 24.2 Å². The van der Waals surface area contributed by atoms with Gasteiger partial charge in [-0.1, -0.05) is 47.6 Å². The fraction of sp³-hybridized carbons (Fsp3) is 0.655. The molecule has 40 heavy (non-hydrogen) atoms. The zero-order chi connectivity index (χ0) is 30.5. The third-order valence-electron chi connectivity index (χ3n) is 5.73. The van der Waals surface area contributed by atoms with Crippen molar-refractivity contribution in [2.45, 2.75) is 92.2 Å². The number of carboxylic acids is 1. The molecular formula is C29H45NO10. The minimum absolute atomic E-state index is 0.0884. The summed E-state index contributed by atoms with van der Waals surface area (Å²) >= 11 is 0. The summed E-state index contributed by atoms with van der Waals surface area (Å²) in [5.41, 5.74) is 4.82. The van der Waals surface area contributed by atoms with E-state index in [1.165, 1.54) is 18.2 Å². The van der Waals surface area contributed by atoms with Crippen LogP contribution < -0.4 is 15.2 Å². The molecule has 0 aliphatic heterocycles. The Kier molecular flexibility index (Phi) is 14.5. The average Bonchev–Trinajstić information content (AvgIpc) is 2.79. The lowest BCUT2D eigenvalue weighted by molar-refractivity contribution is -0.154. The normalized spacial score (nSPS) is 13.5. The molecule has 0 radical (unpaired) electrons. The molecule has 2 atom stereocenters. The number of carbonyl (C=O) groups is 4. The van der Waals surface area contributed by atoms with Crippen LogP contribution in [0.15, 0.2) is 18.2 Å². The van der Waals surface area contributed by atoms with Crippen molar-refractivity contribution < 1.29 is 48.0 Å². The van der Waals surface area contributed by atoms with E-state index in [1.807, 2.05) is 41.5 Å². The van der Waals surface area contributed by atoms with Gasteiger partial charge in [0.05, 0.1) is 13.2 Å². The number of carboxylic acid groups (broad SMARTS) is 1. The minimum atomic E-state index is -1.81. The summed E-state index contributed by atoms with van der Waals surface area (Å²) in [6.07, 6.45) is -1.67. The molecule has 0 fully saturated rings. The number of benzene rings is 1. The number of esters is 1. The maximum absolute atomic E-state index is 12.3. The van der Waals surface area contributed by atoms with E-state index in [1.54, 1.807) is 6.92 Å². The summed E-state index contributed by atoms with van der Waals surface area (Å²) in [6.45, 7) is 13.5. The van der Waals surface area contributed by atoms with Crippen LogP contribution in [0, 0.1) is 17.8 Å². The molecule has 0 saturated carbocycles. The van der Waals surface area contributed by atoms with E-state index in [0.29, 0.717) is 30.2 Å². The molecule has 1 unspecified atom stereocenters. The van der Waals surface area contributed by atoms with Gasteiger partial charge in [0.15, 0.2) is 11.5 Å². The molecule has 226 valence electrons. The van der Waals surface area contributed by atoms with Crippen molar-refractivity contribution in [3.63, 3.8) is 0 Å².